The summed E-state index contributed by atoms with van der Waals surface area (Å²) in [7, 11) is 0. The third kappa shape index (κ3) is 4.61. The fourth-order valence-corrected chi connectivity index (χ4v) is 2.75. The molecule has 126 valence electrons. The van der Waals surface area contributed by atoms with Gasteiger partial charge in [-0.3, -0.25) is 4.79 Å². The number of amides is 1. The van der Waals surface area contributed by atoms with Gasteiger partial charge in [-0.05, 0) is 23.3 Å². The van der Waals surface area contributed by atoms with Crippen LogP contribution in [0.5, 0.6) is 5.75 Å². The SMILES string of the molecule is O=C(COc1ccccc1Cl)NC(c1ccccc1)c1ccccc1. The van der Waals surface area contributed by atoms with E-state index < -0.39 is 0 Å². The molecule has 0 heterocycles. The zero-order chi connectivity index (χ0) is 17.5. The van der Waals surface area contributed by atoms with Crippen LogP contribution in [0.25, 0.3) is 0 Å². The summed E-state index contributed by atoms with van der Waals surface area (Å²) in [5, 5.41) is 3.52. The zero-order valence-corrected chi connectivity index (χ0v) is 14.3. The lowest BCUT2D eigenvalue weighted by Gasteiger charge is -2.20. The van der Waals surface area contributed by atoms with Crippen LogP contribution in [0.15, 0.2) is 84.9 Å². The third-order valence-electron chi connectivity index (χ3n) is 3.77. The standard InChI is InChI=1S/C21H18ClNO2/c22-18-13-7-8-14-19(18)25-15-20(24)23-21(16-9-3-1-4-10-16)17-11-5-2-6-12-17/h1-14,21H,15H2,(H,23,24). The molecule has 1 amide bonds. The summed E-state index contributed by atoms with van der Waals surface area (Å²) in [4.78, 5) is 12.4. The minimum Gasteiger partial charge on any atom is -0.482 e. The predicted molar refractivity (Wildman–Crippen MR) is 99.8 cm³/mol. The van der Waals surface area contributed by atoms with E-state index in [0.29, 0.717) is 10.8 Å². The molecule has 0 aliphatic heterocycles. The summed E-state index contributed by atoms with van der Waals surface area (Å²) in [6.45, 7) is -0.0973. The van der Waals surface area contributed by atoms with Crippen LogP contribution in [0.4, 0.5) is 0 Å². The number of halogens is 1. The molecule has 0 atom stereocenters. The van der Waals surface area contributed by atoms with E-state index in [1.165, 1.54) is 0 Å². The highest BCUT2D eigenvalue weighted by Crippen LogP contribution is 2.24. The Balaban J connectivity index is 1.72. The van der Waals surface area contributed by atoms with Gasteiger partial charge in [0, 0.05) is 0 Å². The van der Waals surface area contributed by atoms with Crippen molar-refractivity contribution in [3.8, 4) is 5.75 Å². The number of benzene rings is 3. The largest absolute Gasteiger partial charge is 0.482 e. The van der Waals surface area contributed by atoms with Gasteiger partial charge in [0.1, 0.15) is 5.75 Å². The van der Waals surface area contributed by atoms with Gasteiger partial charge < -0.3 is 10.1 Å². The van der Waals surface area contributed by atoms with E-state index >= 15 is 0 Å². The van der Waals surface area contributed by atoms with Gasteiger partial charge in [-0.25, -0.2) is 0 Å². The molecular formula is C21H18ClNO2. The van der Waals surface area contributed by atoms with E-state index in [0.717, 1.165) is 11.1 Å². The Hall–Kier alpha value is -2.78. The van der Waals surface area contributed by atoms with E-state index in [-0.39, 0.29) is 18.6 Å². The Bertz CT molecular complexity index is 782. The van der Waals surface area contributed by atoms with Crippen molar-refractivity contribution in [2.75, 3.05) is 6.61 Å². The molecule has 0 saturated carbocycles. The molecule has 0 spiro atoms. The monoisotopic (exact) mass is 351 g/mol. The number of para-hydroxylation sites is 1. The molecule has 3 rings (SSSR count). The second-order valence-electron chi connectivity index (χ2n) is 5.54. The van der Waals surface area contributed by atoms with Crippen molar-refractivity contribution in [3.05, 3.63) is 101 Å². The van der Waals surface area contributed by atoms with E-state index in [2.05, 4.69) is 5.32 Å². The highest BCUT2D eigenvalue weighted by molar-refractivity contribution is 6.32. The lowest BCUT2D eigenvalue weighted by molar-refractivity contribution is -0.123. The van der Waals surface area contributed by atoms with E-state index in [1.807, 2.05) is 72.8 Å². The molecule has 0 radical (unpaired) electrons. The van der Waals surface area contributed by atoms with Gasteiger partial charge in [0.25, 0.3) is 5.91 Å². The number of hydrogen-bond donors (Lipinski definition) is 1. The van der Waals surface area contributed by atoms with Crippen LogP contribution in [0.3, 0.4) is 0 Å². The Morgan fingerprint density at radius 2 is 1.36 bits per heavy atom. The van der Waals surface area contributed by atoms with E-state index in [9.17, 15) is 4.79 Å². The molecule has 0 bridgehead atoms. The average molecular weight is 352 g/mol. The van der Waals surface area contributed by atoms with Crippen molar-refractivity contribution >= 4 is 17.5 Å². The molecule has 0 unspecified atom stereocenters. The maximum absolute atomic E-state index is 12.4. The van der Waals surface area contributed by atoms with Crippen molar-refractivity contribution in [1.82, 2.24) is 5.32 Å². The highest BCUT2D eigenvalue weighted by atomic mass is 35.5. The topological polar surface area (TPSA) is 38.3 Å². The Labute approximate surface area is 152 Å². The Morgan fingerprint density at radius 3 is 1.92 bits per heavy atom. The highest BCUT2D eigenvalue weighted by Gasteiger charge is 2.17. The summed E-state index contributed by atoms with van der Waals surface area (Å²) < 4.78 is 5.53. The molecule has 0 fully saturated rings. The van der Waals surface area contributed by atoms with Gasteiger partial charge in [0.2, 0.25) is 0 Å². The van der Waals surface area contributed by atoms with Gasteiger partial charge in [-0.1, -0.05) is 84.4 Å². The lowest BCUT2D eigenvalue weighted by Crippen LogP contribution is -2.33. The Kier molecular flexibility index (Phi) is 5.70. The van der Waals surface area contributed by atoms with Gasteiger partial charge in [0.15, 0.2) is 6.61 Å². The minimum absolute atomic E-state index is 0.0973. The molecule has 0 aliphatic carbocycles. The molecule has 3 aromatic carbocycles. The summed E-state index contributed by atoms with van der Waals surface area (Å²) in [6, 6.07) is 26.6. The molecular weight excluding hydrogens is 334 g/mol. The zero-order valence-electron chi connectivity index (χ0n) is 13.6. The molecule has 25 heavy (non-hydrogen) atoms. The van der Waals surface area contributed by atoms with Crippen LogP contribution in [-0.2, 0) is 4.79 Å². The first-order chi connectivity index (χ1) is 12.2. The number of nitrogens with one attached hydrogen (secondary N) is 1. The van der Waals surface area contributed by atoms with E-state index in [1.54, 1.807) is 12.1 Å². The Morgan fingerprint density at radius 1 is 0.840 bits per heavy atom. The molecule has 3 aromatic rings. The maximum Gasteiger partial charge on any atom is 0.258 e. The quantitative estimate of drug-likeness (QED) is 0.703. The molecule has 0 saturated heterocycles. The molecule has 0 aromatic heterocycles. The van der Waals surface area contributed by atoms with Gasteiger partial charge in [0.05, 0.1) is 11.1 Å². The lowest BCUT2D eigenvalue weighted by atomic mass is 9.99. The maximum atomic E-state index is 12.4. The number of hydrogen-bond acceptors (Lipinski definition) is 2. The van der Waals surface area contributed by atoms with Crippen molar-refractivity contribution in [3.63, 3.8) is 0 Å². The smallest absolute Gasteiger partial charge is 0.258 e. The molecule has 1 N–H and O–H groups in total. The molecule has 0 aliphatic rings. The van der Waals surface area contributed by atoms with Crippen molar-refractivity contribution in [2.24, 2.45) is 0 Å². The van der Waals surface area contributed by atoms with Crippen LogP contribution in [0.2, 0.25) is 5.02 Å². The third-order valence-corrected chi connectivity index (χ3v) is 4.08. The van der Waals surface area contributed by atoms with Crippen molar-refractivity contribution < 1.29 is 9.53 Å². The van der Waals surface area contributed by atoms with Gasteiger partial charge >= 0.3 is 0 Å². The van der Waals surface area contributed by atoms with Crippen molar-refractivity contribution in [2.45, 2.75) is 6.04 Å². The summed E-state index contributed by atoms with van der Waals surface area (Å²) in [6.07, 6.45) is 0. The van der Waals surface area contributed by atoms with Gasteiger partial charge in [-0.2, -0.15) is 0 Å². The van der Waals surface area contributed by atoms with Crippen LogP contribution < -0.4 is 10.1 Å². The first-order valence-corrected chi connectivity index (χ1v) is 8.38. The number of carbonyl (C=O) groups excluding carboxylic acids is 1. The van der Waals surface area contributed by atoms with Crippen LogP contribution in [0.1, 0.15) is 17.2 Å². The fourth-order valence-electron chi connectivity index (χ4n) is 2.56. The van der Waals surface area contributed by atoms with E-state index in [4.69, 9.17) is 16.3 Å². The summed E-state index contributed by atoms with van der Waals surface area (Å²) >= 11 is 6.05. The predicted octanol–water partition coefficient (Wildman–Crippen LogP) is 4.62. The van der Waals surface area contributed by atoms with Crippen LogP contribution in [-0.4, -0.2) is 12.5 Å². The minimum atomic E-state index is -0.232. The molecule has 3 nitrogen and oxygen atoms in total. The van der Waals surface area contributed by atoms with Crippen molar-refractivity contribution in [1.29, 1.82) is 0 Å². The van der Waals surface area contributed by atoms with Gasteiger partial charge in [-0.15, -0.1) is 0 Å². The average Bonchev–Trinajstić information content (AvgIpc) is 2.67. The second-order valence-corrected chi connectivity index (χ2v) is 5.95. The normalized spacial score (nSPS) is 10.5. The first kappa shape index (κ1) is 17.1. The van der Waals surface area contributed by atoms with Crippen LogP contribution >= 0.6 is 11.6 Å². The number of ether oxygens (including phenoxy) is 1. The second kappa shape index (κ2) is 8.36. The number of carbonyl (C=O) groups is 1. The number of rotatable bonds is 6. The van der Waals surface area contributed by atoms with Crippen LogP contribution in [0, 0.1) is 0 Å². The molecule has 4 heteroatoms. The summed E-state index contributed by atoms with van der Waals surface area (Å²) in [5.41, 5.74) is 2.03. The fraction of sp³-hybridized carbons (Fsp3) is 0.0952. The summed E-state index contributed by atoms with van der Waals surface area (Å²) in [5.74, 6) is 0.285. The first-order valence-electron chi connectivity index (χ1n) is 8.00.